The van der Waals surface area contributed by atoms with Crippen molar-refractivity contribution in [2.24, 2.45) is 5.10 Å². The Morgan fingerprint density at radius 1 is 0.929 bits per heavy atom. The fourth-order valence-corrected chi connectivity index (χ4v) is 2.45. The van der Waals surface area contributed by atoms with Gasteiger partial charge in [-0.3, -0.25) is 4.79 Å². The summed E-state index contributed by atoms with van der Waals surface area (Å²) in [5.74, 6) is -0.292. The lowest BCUT2D eigenvalue weighted by Gasteiger charge is -2.06. The molecule has 0 saturated heterocycles. The molecule has 3 aromatic rings. The lowest BCUT2D eigenvalue weighted by atomic mass is 10.1. The van der Waals surface area contributed by atoms with Crippen molar-refractivity contribution in [2.75, 3.05) is 0 Å². The van der Waals surface area contributed by atoms with E-state index in [1.807, 2.05) is 0 Å². The molecule has 28 heavy (non-hydrogen) atoms. The second kappa shape index (κ2) is 9.41. The standard InChI is InChI=1S/C22H18F2N2O2/c23-19-8-4-16(5-9-19)13-22(27)26-25-14-17-6-10-21(11-7-17)28-15-18-2-1-3-20(24)12-18/h1-12,14H,13,15H2,(H,26,27)/b25-14+. The highest BCUT2D eigenvalue weighted by molar-refractivity contribution is 5.83. The van der Waals surface area contributed by atoms with Crippen LogP contribution in [0.3, 0.4) is 0 Å². The number of carbonyl (C=O) groups excluding carboxylic acids is 1. The molecule has 0 fully saturated rings. The summed E-state index contributed by atoms with van der Waals surface area (Å²) in [6.07, 6.45) is 1.63. The van der Waals surface area contributed by atoms with Crippen LogP contribution >= 0.6 is 0 Å². The fraction of sp³-hybridized carbons (Fsp3) is 0.0909. The summed E-state index contributed by atoms with van der Waals surface area (Å²) in [5.41, 5.74) is 4.66. The maximum atomic E-state index is 13.1. The van der Waals surface area contributed by atoms with E-state index in [1.165, 1.54) is 30.5 Å². The normalized spacial score (nSPS) is 10.8. The van der Waals surface area contributed by atoms with Crippen molar-refractivity contribution in [3.05, 3.63) is 101 Å². The second-order valence-corrected chi connectivity index (χ2v) is 6.08. The zero-order valence-corrected chi connectivity index (χ0v) is 14.9. The molecule has 0 bridgehead atoms. The van der Waals surface area contributed by atoms with Gasteiger partial charge >= 0.3 is 0 Å². The van der Waals surface area contributed by atoms with Gasteiger partial charge in [0.05, 0.1) is 12.6 Å². The van der Waals surface area contributed by atoms with E-state index in [4.69, 9.17) is 4.74 Å². The van der Waals surface area contributed by atoms with Crippen molar-refractivity contribution in [2.45, 2.75) is 13.0 Å². The first kappa shape index (κ1) is 19.2. The Bertz CT molecular complexity index is 955. The Morgan fingerprint density at radius 2 is 1.68 bits per heavy atom. The van der Waals surface area contributed by atoms with Crippen LogP contribution in [0, 0.1) is 11.6 Å². The van der Waals surface area contributed by atoms with Crippen molar-refractivity contribution in [1.29, 1.82) is 0 Å². The largest absolute Gasteiger partial charge is 0.489 e. The molecule has 6 heteroatoms. The minimum atomic E-state index is -0.342. The number of halogens is 2. The first-order valence-corrected chi connectivity index (χ1v) is 8.62. The van der Waals surface area contributed by atoms with Crippen LogP contribution < -0.4 is 10.2 Å². The highest BCUT2D eigenvalue weighted by Gasteiger charge is 2.02. The van der Waals surface area contributed by atoms with Gasteiger partial charge in [0, 0.05) is 0 Å². The van der Waals surface area contributed by atoms with E-state index < -0.39 is 0 Å². The number of nitrogens with zero attached hydrogens (tertiary/aromatic N) is 1. The molecule has 4 nitrogen and oxygen atoms in total. The predicted molar refractivity (Wildman–Crippen MR) is 103 cm³/mol. The Balaban J connectivity index is 1.46. The number of ether oxygens (including phenoxy) is 1. The molecule has 0 aliphatic heterocycles. The number of rotatable bonds is 7. The summed E-state index contributed by atoms with van der Waals surface area (Å²) in [6, 6.07) is 19.1. The molecule has 0 aliphatic rings. The van der Waals surface area contributed by atoms with Crippen LogP contribution in [0.2, 0.25) is 0 Å². The van der Waals surface area contributed by atoms with E-state index in [0.717, 1.165) is 11.1 Å². The van der Waals surface area contributed by atoms with Gasteiger partial charge in [0.1, 0.15) is 24.0 Å². The number of benzene rings is 3. The lowest BCUT2D eigenvalue weighted by molar-refractivity contribution is -0.120. The minimum absolute atomic E-state index is 0.116. The first-order valence-electron chi connectivity index (χ1n) is 8.62. The molecular weight excluding hydrogens is 362 g/mol. The third-order valence-corrected chi connectivity index (χ3v) is 3.86. The number of hydrogen-bond donors (Lipinski definition) is 1. The van der Waals surface area contributed by atoms with Gasteiger partial charge in [-0.1, -0.05) is 24.3 Å². The summed E-state index contributed by atoms with van der Waals surface area (Å²) in [6.45, 7) is 0.268. The molecular formula is C22H18F2N2O2. The van der Waals surface area contributed by atoms with Crippen LogP contribution in [-0.4, -0.2) is 12.1 Å². The second-order valence-electron chi connectivity index (χ2n) is 6.08. The number of hydrazone groups is 1. The smallest absolute Gasteiger partial charge is 0.244 e. The molecule has 0 aliphatic carbocycles. The van der Waals surface area contributed by atoms with Gasteiger partial charge < -0.3 is 4.74 Å². The highest BCUT2D eigenvalue weighted by atomic mass is 19.1. The van der Waals surface area contributed by atoms with Gasteiger partial charge in [0.25, 0.3) is 0 Å². The third-order valence-electron chi connectivity index (χ3n) is 3.86. The molecule has 0 radical (unpaired) electrons. The van der Waals surface area contributed by atoms with E-state index in [-0.39, 0.29) is 30.6 Å². The van der Waals surface area contributed by atoms with Gasteiger partial charge in [0.2, 0.25) is 5.91 Å². The first-order chi connectivity index (χ1) is 13.6. The molecule has 142 valence electrons. The van der Waals surface area contributed by atoms with Gasteiger partial charge in [-0.2, -0.15) is 5.10 Å². The number of amides is 1. The Kier molecular flexibility index (Phi) is 6.46. The van der Waals surface area contributed by atoms with Crippen LogP contribution in [0.15, 0.2) is 77.9 Å². The zero-order valence-electron chi connectivity index (χ0n) is 14.9. The molecule has 0 atom stereocenters. The Labute approximate surface area is 161 Å². The summed E-state index contributed by atoms with van der Waals surface area (Å²) in [5, 5.41) is 3.91. The van der Waals surface area contributed by atoms with Gasteiger partial charge in [-0.05, 0) is 65.2 Å². The van der Waals surface area contributed by atoms with Crippen LogP contribution in [0.5, 0.6) is 5.75 Å². The molecule has 3 aromatic carbocycles. The van der Waals surface area contributed by atoms with Crippen molar-refractivity contribution >= 4 is 12.1 Å². The van der Waals surface area contributed by atoms with Crippen LogP contribution in [0.1, 0.15) is 16.7 Å². The molecule has 0 aromatic heterocycles. The average Bonchev–Trinajstić information content (AvgIpc) is 2.69. The van der Waals surface area contributed by atoms with Crippen LogP contribution in [-0.2, 0) is 17.8 Å². The maximum Gasteiger partial charge on any atom is 0.244 e. The molecule has 0 unspecified atom stereocenters. The topological polar surface area (TPSA) is 50.7 Å². The molecule has 0 spiro atoms. The van der Waals surface area contributed by atoms with Gasteiger partial charge in [0.15, 0.2) is 0 Å². The highest BCUT2D eigenvalue weighted by Crippen LogP contribution is 2.14. The summed E-state index contributed by atoms with van der Waals surface area (Å²) in [7, 11) is 0. The number of carbonyl (C=O) groups is 1. The van der Waals surface area contributed by atoms with Crippen LogP contribution in [0.4, 0.5) is 8.78 Å². The Morgan fingerprint density at radius 3 is 2.39 bits per heavy atom. The Hall–Kier alpha value is -3.54. The molecule has 1 N–H and O–H groups in total. The van der Waals surface area contributed by atoms with Crippen molar-refractivity contribution in [3.8, 4) is 5.75 Å². The molecule has 1 amide bonds. The minimum Gasteiger partial charge on any atom is -0.489 e. The summed E-state index contributed by atoms with van der Waals surface area (Å²) >= 11 is 0. The molecule has 3 rings (SSSR count). The maximum absolute atomic E-state index is 13.1. The number of nitrogens with one attached hydrogen (secondary N) is 1. The molecule has 0 heterocycles. The summed E-state index contributed by atoms with van der Waals surface area (Å²) in [4.78, 5) is 11.8. The zero-order chi connectivity index (χ0) is 19.8. The van der Waals surface area contributed by atoms with E-state index in [0.29, 0.717) is 11.3 Å². The van der Waals surface area contributed by atoms with Crippen molar-refractivity contribution in [3.63, 3.8) is 0 Å². The third kappa shape index (κ3) is 6.02. The van der Waals surface area contributed by atoms with Gasteiger partial charge in [-0.25, -0.2) is 14.2 Å². The number of hydrogen-bond acceptors (Lipinski definition) is 3. The van der Waals surface area contributed by atoms with E-state index >= 15 is 0 Å². The quantitative estimate of drug-likeness (QED) is 0.492. The van der Waals surface area contributed by atoms with Crippen molar-refractivity contribution in [1.82, 2.24) is 5.43 Å². The van der Waals surface area contributed by atoms with E-state index in [9.17, 15) is 13.6 Å². The molecule has 0 saturated carbocycles. The van der Waals surface area contributed by atoms with E-state index in [1.54, 1.807) is 48.5 Å². The monoisotopic (exact) mass is 380 g/mol. The SMILES string of the molecule is O=C(Cc1ccc(F)cc1)N/N=C/c1ccc(OCc2cccc(F)c2)cc1. The average molecular weight is 380 g/mol. The summed E-state index contributed by atoms with van der Waals surface area (Å²) < 4.78 is 31.6. The predicted octanol–water partition coefficient (Wildman–Crippen LogP) is 4.24. The van der Waals surface area contributed by atoms with Crippen LogP contribution in [0.25, 0.3) is 0 Å². The van der Waals surface area contributed by atoms with Gasteiger partial charge in [-0.15, -0.1) is 0 Å². The lowest BCUT2D eigenvalue weighted by Crippen LogP contribution is -2.19. The fourth-order valence-electron chi connectivity index (χ4n) is 2.45. The van der Waals surface area contributed by atoms with Crippen molar-refractivity contribution < 1.29 is 18.3 Å². The van der Waals surface area contributed by atoms with E-state index in [2.05, 4.69) is 10.5 Å².